The lowest BCUT2D eigenvalue weighted by atomic mass is 9.92. The maximum absolute atomic E-state index is 12.6. The van der Waals surface area contributed by atoms with Gasteiger partial charge < -0.3 is 14.8 Å². The Kier molecular flexibility index (Phi) is 5.79. The maximum Gasteiger partial charge on any atom is 0.408 e. The second-order valence-electron chi connectivity index (χ2n) is 7.39. The van der Waals surface area contributed by atoms with Crippen LogP contribution in [0.2, 0.25) is 0 Å². The molecule has 0 radical (unpaired) electrons. The zero-order valence-corrected chi connectivity index (χ0v) is 14.2. The molecule has 2 fully saturated rings. The highest BCUT2D eigenvalue weighted by Crippen LogP contribution is 2.27. The van der Waals surface area contributed by atoms with Gasteiger partial charge in [-0.25, -0.2) is 4.79 Å². The van der Waals surface area contributed by atoms with E-state index < -0.39 is 23.8 Å². The predicted molar refractivity (Wildman–Crippen MR) is 84.1 cm³/mol. The number of hydrogen-bond acceptors (Lipinski definition) is 5. The molecule has 2 aliphatic rings. The fourth-order valence-corrected chi connectivity index (χ4v) is 3.14. The standard InChI is InChI=1S/C17H27NO5/c1-17(2,3)23-16(21)18-12(10-11-6-4-7-13(11)19)15(20)14-8-5-9-22-14/h11-12,14H,4-10H2,1-3H3,(H,18,21)/t11-,12-,14?/m0/s1. The van der Waals surface area contributed by atoms with Crippen molar-refractivity contribution in [1.82, 2.24) is 5.32 Å². The quantitative estimate of drug-likeness (QED) is 0.839. The highest BCUT2D eigenvalue weighted by Gasteiger charge is 2.36. The van der Waals surface area contributed by atoms with E-state index >= 15 is 0 Å². The Balaban J connectivity index is 2.02. The van der Waals surface area contributed by atoms with Crippen molar-refractivity contribution in [3.05, 3.63) is 0 Å². The minimum atomic E-state index is -0.722. The van der Waals surface area contributed by atoms with Crippen LogP contribution in [0.1, 0.15) is 59.3 Å². The predicted octanol–water partition coefficient (Wildman–Crippen LogP) is 2.39. The van der Waals surface area contributed by atoms with Gasteiger partial charge in [0, 0.05) is 18.9 Å². The van der Waals surface area contributed by atoms with Crippen LogP contribution in [0.5, 0.6) is 0 Å². The fourth-order valence-electron chi connectivity index (χ4n) is 3.14. The lowest BCUT2D eigenvalue weighted by Crippen LogP contribution is -2.48. The third-order valence-corrected chi connectivity index (χ3v) is 4.23. The summed E-state index contributed by atoms with van der Waals surface area (Å²) in [5.41, 5.74) is -0.634. The summed E-state index contributed by atoms with van der Waals surface area (Å²) in [5.74, 6) is -0.116. The van der Waals surface area contributed by atoms with Crippen molar-refractivity contribution in [2.75, 3.05) is 6.61 Å². The van der Waals surface area contributed by atoms with E-state index in [1.807, 2.05) is 0 Å². The molecule has 1 unspecified atom stereocenters. The highest BCUT2D eigenvalue weighted by atomic mass is 16.6. The Morgan fingerprint density at radius 2 is 2.04 bits per heavy atom. The minimum absolute atomic E-state index is 0.145. The summed E-state index contributed by atoms with van der Waals surface area (Å²) >= 11 is 0. The molecule has 3 atom stereocenters. The number of nitrogens with one attached hydrogen (secondary N) is 1. The normalized spacial score (nSPS) is 26.1. The Labute approximate surface area is 137 Å². The molecule has 6 nitrogen and oxygen atoms in total. The summed E-state index contributed by atoms with van der Waals surface area (Å²) in [6.45, 7) is 5.87. The lowest BCUT2D eigenvalue weighted by molar-refractivity contribution is -0.130. The molecule has 0 spiro atoms. The van der Waals surface area contributed by atoms with Gasteiger partial charge in [0.05, 0.1) is 6.04 Å². The average Bonchev–Trinajstić information content (AvgIpc) is 3.07. The van der Waals surface area contributed by atoms with Crippen LogP contribution in [0.3, 0.4) is 0 Å². The van der Waals surface area contributed by atoms with Crippen LogP contribution in [-0.4, -0.2) is 42.0 Å². The van der Waals surface area contributed by atoms with E-state index in [0.29, 0.717) is 25.9 Å². The molecule has 1 amide bonds. The first-order valence-electron chi connectivity index (χ1n) is 8.44. The van der Waals surface area contributed by atoms with Crippen LogP contribution in [0.4, 0.5) is 4.79 Å². The van der Waals surface area contributed by atoms with Crippen molar-refractivity contribution in [2.24, 2.45) is 5.92 Å². The molecule has 1 aliphatic heterocycles. The molecule has 0 aromatic rings. The topological polar surface area (TPSA) is 81.7 Å². The highest BCUT2D eigenvalue weighted by molar-refractivity contribution is 5.92. The second kappa shape index (κ2) is 7.43. The summed E-state index contributed by atoms with van der Waals surface area (Å²) in [6, 6.07) is -0.722. The van der Waals surface area contributed by atoms with Gasteiger partial charge in [0.1, 0.15) is 17.5 Å². The SMILES string of the molecule is CC(C)(C)OC(=O)N[C@@H](C[C@@H]1CCCC1=O)C(=O)C1CCCO1. The van der Waals surface area contributed by atoms with Crippen LogP contribution in [0.25, 0.3) is 0 Å². The molecule has 0 aromatic heterocycles. The fraction of sp³-hybridized carbons (Fsp3) is 0.824. The molecular formula is C17H27NO5. The largest absolute Gasteiger partial charge is 0.444 e. The monoisotopic (exact) mass is 325 g/mol. The number of ether oxygens (including phenoxy) is 2. The summed E-state index contributed by atoms with van der Waals surface area (Å²) in [5, 5.41) is 2.65. The van der Waals surface area contributed by atoms with E-state index in [-0.39, 0.29) is 17.5 Å². The third-order valence-electron chi connectivity index (χ3n) is 4.23. The Morgan fingerprint density at radius 1 is 1.30 bits per heavy atom. The van der Waals surface area contributed by atoms with E-state index in [2.05, 4.69) is 5.32 Å². The van der Waals surface area contributed by atoms with Crippen molar-refractivity contribution in [2.45, 2.75) is 77.0 Å². The molecule has 1 saturated heterocycles. The molecule has 6 heteroatoms. The molecule has 23 heavy (non-hydrogen) atoms. The molecule has 0 bridgehead atoms. The summed E-state index contributed by atoms with van der Waals surface area (Å²) in [4.78, 5) is 36.5. The van der Waals surface area contributed by atoms with E-state index in [0.717, 1.165) is 19.3 Å². The van der Waals surface area contributed by atoms with Crippen molar-refractivity contribution in [3.63, 3.8) is 0 Å². The molecule has 1 N–H and O–H groups in total. The number of rotatable bonds is 5. The lowest BCUT2D eigenvalue weighted by Gasteiger charge is -2.25. The van der Waals surface area contributed by atoms with Gasteiger partial charge in [0.15, 0.2) is 5.78 Å². The first-order valence-corrected chi connectivity index (χ1v) is 8.44. The van der Waals surface area contributed by atoms with Gasteiger partial charge in [-0.1, -0.05) is 0 Å². The molecule has 1 saturated carbocycles. The first kappa shape index (κ1) is 17.9. The van der Waals surface area contributed by atoms with Crippen LogP contribution in [0, 0.1) is 5.92 Å². The molecule has 1 heterocycles. The van der Waals surface area contributed by atoms with Gasteiger partial charge in [0.25, 0.3) is 0 Å². The van der Waals surface area contributed by atoms with E-state index in [1.54, 1.807) is 20.8 Å². The second-order valence-corrected chi connectivity index (χ2v) is 7.39. The molecule has 1 aliphatic carbocycles. The van der Waals surface area contributed by atoms with Crippen molar-refractivity contribution in [1.29, 1.82) is 0 Å². The Morgan fingerprint density at radius 3 is 2.57 bits per heavy atom. The smallest absolute Gasteiger partial charge is 0.408 e. The van der Waals surface area contributed by atoms with Crippen molar-refractivity contribution < 1.29 is 23.9 Å². The molecular weight excluding hydrogens is 298 g/mol. The van der Waals surface area contributed by atoms with Gasteiger partial charge in [-0.15, -0.1) is 0 Å². The Hall–Kier alpha value is -1.43. The number of alkyl carbamates (subject to hydrolysis) is 1. The molecule has 0 aromatic carbocycles. The summed E-state index contributed by atoms with van der Waals surface area (Å²) in [7, 11) is 0. The Bertz CT molecular complexity index is 462. The number of Topliss-reactive ketones (excluding diaryl/α,β-unsaturated/α-hetero) is 2. The number of amides is 1. The van der Waals surface area contributed by atoms with Gasteiger partial charge >= 0.3 is 6.09 Å². The van der Waals surface area contributed by atoms with Gasteiger partial charge in [-0.2, -0.15) is 0 Å². The summed E-state index contributed by atoms with van der Waals surface area (Å²) < 4.78 is 10.7. The van der Waals surface area contributed by atoms with Crippen LogP contribution < -0.4 is 5.32 Å². The van der Waals surface area contributed by atoms with Gasteiger partial charge in [-0.3, -0.25) is 9.59 Å². The van der Waals surface area contributed by atoms with Crippen LogP contribution in [-0.2, 0) is 19.1 Å². The van der Waals surface area contributed by atoms with E-state index in [4.69, 9.17) is 9.47 Å². The molecule has 2 rings (SSSR count). The number of carbonyl (C=O) groups is 3. The van der Waals surface area contributed by atoms with Crippen molar-refractivity contribution in [3.8, 4) is 0 Å². The van der Waals surface area contributed by atoms with Crippen LogP contribution in [0.15, 0.2) is 0 Å². The number of carbonyl (C=O) groups excluding carboxylic acids is 3. The van der Waals surface area contributed by atoms with E-state index in [1.165, 1.54) is 0 Å². The first-order chi connectivity index (χ1) is 10.8. The third kappa shape index (κ3) is 5.30. The van der Waals surface area contributed by atoms with Gasteiger partial charge in [-0.05, 0) is 52.9 Å². The molecule has 130 valence electrons. The number of hydrogen-bond donors (Lipinski definition) is 1. The zero-order chi connectivity index (χ0) is 17.0. The average molecular weight is 325 g/mol. The maximum atomic E-state index is 12.6. The van der Waals surface area contributed by atoms with Gasteiger partial charge in [0.2, 0.25) is 0 Å². The minimum Gasteiger partial charge on any atom is -0.444 e. The summed E-state index contributed by atoms with van der Waals surface area (Å²) in [6.07, 6.45) is 2.96. The van der Waals surface area contributed by atoms with Crippen molar-refractivity contribution >= 4 is 17.7 Å². The zero-order valence-electron chi connectivity index (χ0n) is 14.2. The van der Waals surface area contributed by atoms with Crippen LogP contribution >= 0.6 is 0 Å². The van der Waals surface area contributed by atoms with E-state index in [9.17, 15) is 14.4 Å². The number of ketones is 2.